The monoisotopic (exact) mass is 553 g/mol. The molecule has 5 heterocycles. The van der Waals surface area contributed by atoms with E-state index in [1.54, 1.807) is 6.20 Å². The standard InChI is InChI=1S/C23H29F6N5O4/c24-22(25,26)20(23(27,28)29)38-19(36)14-9-21(2-4-30-5-3-21)34(10-14)18(35)16-11-33-7-6-32(12-17(33)31-16)15-1-8-37-13-15/h11,14-15,20,30H,1-10,12-13H2. The molecule has 1 spiro atoms. The van der Waals surface area contributed by atoms with Gasteiger partial charge in [-0.2, -0.15) is 26.3 Å². The molecule has 1 N–H and O–H groups in total. The van der Waals surface area contributed by atoms with Crippen molar-refractivity contribution >= 4 is 11.9 Å². The summed E-state index contributed by atoms with van der Waals surface area (Å²) in [5.41, 5.74) is -0.755. The van der Waals surface area contributed by atoms with Gasteiger partial charge < -0.3 is 24.3 Å². The lowest BCUT2D eigenvalue weighted by Gasteiger charge is -2.41. The molecule has 1 amide bonds. The molecule has 212 valence electrons. The largest absolute Gasteiger partial charge is 0.442 e. The maximum absolute atomic E-state index is 13.7. The number of carbonyl (C=O) groups excluding carboxylic acids is 2. The van der Waals surface area contributed by atoms with Crippen molar-refractivity contribution < 1.29 is 45.4 Å². The van der Waals surface area contributed by atoms with Crippen LogP contribution in [0, 0.1) is 5.92 Å². The number of nitrogens with zero attached hydrogens (tertiary/aromatic N) is 4. The zero-order valence-electron chi connectivity index (χ0n) is 20.5. The fraction of sp³-hybridized carbons (Fsp3) is 0.783. The summed E-state index contributed by atoms with van der Waals surface area (Å²) in [6, 6.07) is 0.278. The highest BCUT2D eigenvalue weighted by Gasteiger charge is 2.61. The molecule has 2 unspecified atom stereocenters. The molecule has 3 fully saturated rings. The highest BCUT2D eigenvalue weighted by molar-refractivity contribution is 5.93. The first-order valence-corrected chi connectivity index (χ1v) is 12.6. The van der Waals surface area contributed by atoms with Gasteiger partial charge in [0.2, 0.25) is 0 Å². The fourth-order valence-electron chi connectivity index (χ4n) is 6.04. The van der Waals surface area contributed by atoms with Crippen molar-refractivity contribution in [2.24, 2.45) is 5.92 Å². The second kappa shape index (κ2) is 9.97. The van der Waals surface area contributed by atoms with Crippen LogP contribution in [0.1, 0.15) is 42.0 Å². The van der Waals surface area contributed by atoms with Gasteiger partial charge in [-0.15, -0.1) is 0 Å². The molecule has 0 radical (unpaired) electrons. The third-order valence-electron chi connectivity index (χ3n) is 8.02. The van der Waals surface area contributed by atoms with Crippen molar-refractivity contribution in [1.82, 2.24) is 24.7 Å². The van der Waals surface area contributed by atoms with Crippen molar-refractivity contribution in [1.29, 1.82) is 0 Å². The van der Waals surface area contributed by atoms with E-state index in [2.05, 4.69) is 19.9 Å². The topological polar surface area (TPSA) is 88.9 Å². The van der Waals surface area contributed by atoms with Crippen LogP contribution >= 0.6 is 0 Å². The summed E-state index contributed by atoms with van der Waals surface area (Å²) in [4.78, 5) is 34.5. The van der Waals surface area contributed by atoms with Gasteiger partial charge >= 0.3 is 18.3 Å². The van der Waals surface area contributed by atoms with Crippen molar-refractivity contribution in [3.63, 3.8) is 0 Å². The maximum atomic E-state index is 13.7. The predicted molar refractivity (Wildman–Crippen MR) is 118 cm³/mol. The number of amides is 1. The molecule has 0 aliphatic carbocycles. The van der Waals surface area contributed by atoms with Gasteiger partial charge in [-0.25, -0.2) is 4.98 Å². The zero-order valence-corrected chi connectivity index (χ0v) is 20.5. The summed E-state index contributed by atoms with van der Waals surface area (Å²) in [6.07, 6.45) is -12.6. The Morgan fingerprint density at radius 3 is 2.47 bits per heavy atom. The molecule has 1 aromatic heterocycles. The van der Waals surface area contributed by atoms with Crippen LogP contribution in [0.4, 0.5) is 26.3 Å². The zero-order chi connectivity index (χ0) is 27.3. The second-order valence-electron chi connectivity index (χ2n) is 10.4. The number of rotatable bonds is 4. The van der Waals surface area contributed by atoms with Gasteiger partial charge in [0.15, 0.2) is 0 Å². The lowest BCUT2D eigenvalue weighted by molar-refractivity contribution is -0.314. The molecule has 0 aromatic carbocycles. The molecule has 9 nitrogen and oxygen atoms in total. The number of carbonyl (C=O) groups is 2. The Morgan fingerprint density at radius 1 is 1.13 bits per heavy atom. The Bertz CT molecular complexity index is 1030. The summed E-state index contributed by atoms with van der Waals surface area (Å²) < 4.78 is 89.2. The van der Waals surface area contributed by atoms with Gasteiger partial charge in [0.25, 0.3) is 12.0 Å². The smallest absolute Gasteiger partial charge is 0.434 e. The quantitative estimate of drug-likeness (QED) is 0.452. The van der Waals surface area contributed by atoms with Crippen molar-refractivity contribution in [3.05, 3.63) is 17.7 Å². The Kier molecular flexibility index (Phi) is 7.14. The van der Waals surface area contributed by atoms with Gasteiger partial charge in [0.05, 0.1) is 19.1 Å². The summed E-state index contributed by atoms with van der Waals surface area (Å²) in [7, 11) is 0. The van der Waals surface area contributed by atoms with Crippen LogP contribution in [0.3, 0.4) is 0 Å². The van der Waals surface area contributed by atoms with E-state index in [-0.39, 0.29) is 24.7 Å². The first-order valence-electron chi connectivity index (χ1n) is 12.6. The molecular formula is C23H29F6N5O4. The number of piperidine rings is 1. The van der Waals surface area contributed by atoms with E-state index in [9.17, 15) is 35.9 Å². The minimum atomic E-state index is -5.80. The molecule has 4 aliphatic heterocycles. The number of nitrogens with one attached hydrogen (secondary N) is 1. The van der Waals surface area contributed by atoms with E-state index in [4.69, 9.17) is 4.74 Å². The highest BCUT2D eigenvalue weighted by Crippen LogP contribution is 2.43. The van der Waals surface area contributed by atoms with Gasteiger partial charge in [-0.05, 0) is 38.8 Å². The molecule has 0 saturated carbocycles. The molecule has 3 saturated heterocycles. The van der Waals surface area contributed by atoms with Crippen LogP contribution in [0.15, 0.2) is 6.20 Å². The summed E-state index contributed by atoms with van der Waals surface area (Å²) in [6.45, 7) is 3.87. The molecule has 4 aliphatic rings. The van der Waals surface area contributed by atoms with E-state index in [0.717, 1.165) is 13.0 Å². The highest BCUT2D eigenvalue weighted by atomic mass is 19.4. The summed E-state index contributed by atoms with van der Waals surface area (Å²) in [5, 5.41) is 3.14. The van der Waals surface area contributed by atoms with Crippen LogP contribution < -0.4 is 5.32 Å². The van der Waals surface area contributed by atoms with Crippen LogP contribution in [-0.4, -0.2) is 101 Å². The van der Waals surface area contributed by atoms with Gasteiger partial charge in [-0.3, -0.25) is 14.5 Å². The van der Waals surface area contributed by atoms with E-state index < -0.39 is 41.8 Å². The lowest BCUT2D eigenvalue weighted by atomic mass is 9.83. The minimum Gasteiger partial charge on any atom is -0.442 e. The number of esters is 1. The number of halogens is 6. The summed E-state index contributed by atoms with van der Waals surface area (Å²) in [5.74, 6) is -2.74. The first-order chi connectivity index (χ1) is 17.9. The molecule has 38 heavy (non-hydrogen) atoms. The third kappa shape index (κ3) is 5.24. The maximum Gasteiger partial charge on any atom is 0.434 e. The van der Waals surface area contributed by atoms with Gasteiger partial charge in [0, 0.05) is 44.0 Å². The molecule has 5 rings (SSSR count). The average Bonchev–Trinajstić information content (AvgIpc) is 3.59. The van der Waals surface area contributed by atoms with Crippen LogP contribution in [0.2, 0.25) is 0 Å². The Morgan fingerprint density at radius 2 is 1.84 bits per heavy atom. The number of hydrogen-bond acceptors (Lipinski definition) is 7. The van der Waals surface area contributed by atoms with E-state index in [1.807, 2.05) is 4.57 Å². The van der Waals surface area contributed by atoms with Crippen molar-refractivity contribution in [3.8, 4) is 0 Å². The Hall–Kier alpha value is -2.39. The number of likely N-dealkylation sites (tertiary alicyclic amines) is 1. The van der Waals surface area contributed by atoms with E-state index in [1.165, 1.54) is 4.90 Å². The molecule has 0 bridgehead atoms. The van der Waals surface area contributed by atoms with Gasteiger partial charge in [-0.1, -0.05) is 0 Å². The Balaban J connectivity index is 1.34. The fourth-order valence-corrected chi connectivity index (χ4v) is 6.04. The van der Waals surface area contributed by atoms with E-state index in [0.29, 0.717) is 58.1 Å². The van der Waals surface area contributed by atoms with Crippen LogP contribution in [0.25, 0.3) is 0 Å². The molecule has 2 atom stereocenters. The number of alkyl halides is 6. The van der Waals surface area contributed by atoms with Crippen LogP contribution in [0.5, 0.6) is 0 Å². The number of ether oxygens (including phenoxy) is 2. The number of fused-ring (bicyclic) bond motifs is 1. The molecular weight excluding hydrogens is 524 g/mol. The predicted octanol–water partition coefficient (Wildman–Crippen LogP) is 2.11. The number of imidazole rings is 1. The third-order valence-corrected chi connectivity index (χ3v) is 8.02. The lowest BCUT2D eigenvalue weighted by Crippen LogP contribution is -2.53. The molecule has 15 heteroatoms. The SMILES string of the molecule is O=C(OC(C(F)(F)F)C(F)(F)F)C1CN(C(=O)c2cn3c(n2)CN(C2CCOC2)CC3)C2(CCNCC2)C1. The van der Waals surface area contributed by atoms with E-state index >= 15 is 0 Å². The van der Waals surface area contributed by atoms with Crippen molar-refractivity contribution in [2.45, 2.75) is 68.8 Å². The molecule has 1 aromatic rings. The van der Waals surface area contributed by atoms with Crippen LogP contribution in [-0.2, 0) is 27.4 Å². The average molecular weight is 554 g/mol. The number of aromatic nitrogens is 2. The Labute approximate surface area is 214 Å². The first kappa shape index (κ1) is 27.2. The number of hydrogen-bond donors (Lipinski definition) is 1. The summed E-state index contributed by atoms with van der Waals surface area (Å²) >= 11 is 0. The second-order valence-corrected chi connectivity index (χ2v) is 10.4. The van der Waals surface area contributed by atoms with Gasteiger partial charge in [0.1, 0.15) is 11.5 Å². The minimum absolute atomic E-state index is 0.0787. The normalized spacial score (nSPS) is 26.2. The van der Waals surface area contributed by atoms with Crippen molar-refractivity contribution in [2.75, 3.05) is 39.4 Å².